The fourth-order valence-corrected chi connectivity index (χ4v) is 2.54. The Morgan fingerprint density at radius 3 is 2.64 bits per heavy atom. The molecule has 3 N–H and O–H groups in total. The number of nitrogens with zero attached hydrogens (tertiary/aromatic N) is 2. The highest BCUT2D eigenvalue weighted by molar-refractivity contribution is 5.91. The number of nitrogens with one attached hydrogen (secondary N) is 1. The van der Waals surface area contributed by atoms with Gasteiger partial charge in [0.15, 0.2) is 0 Å². The molecule has 0 bridgehead atoms. The van der Waals surface area contributed by atoms with Crippen molar-refractivity contribution in [1.29, 1.82) is 0 Å². The van der Waals surface area contributed by atoms with Crippen LogP contribution >= 0.6 is 0 Å². The van der Waals surface area contributed by atoms with Crippen molar-refractivity contribution in [3.05, 3.63) is 23.9 Å². The van der Waals surface area contributed by atoms with Gasteiger partial charge in [0, 0.05) is 37.7 Å². The topological polar surface area (TPSA) is 88.3 Å². The molecule has 1 fully saturated rings. The molecule has 2 heterocycles. The first kappa shape index (κ1) is 16.4. The Kier molecular flexibility index (Phi) is 5.49. The number of piperidine rings is 1. The van der Waals surface area contributed by atoms with E-state index in [-0.39, 0.29) is 23.7 Å². The zero-order chi connectivity index (χ0) is 16.1. The van der Waals surface area contributed by atoms with Crippen molar-refractivity contribution in [3.63, 3.8) is 0 Å². The molecule has 1 unspecified atom stereocenters. The molecule has 0 aromatic carbocycles. The van der Waals surface area contributed by atoms with Crippen LogP contribution in [0.5, 0.6) is 0 Å². The molecule has 1 aliphatic rings. The van der Waals surface area contributed by atoms with Gasteiger partial charge in [-0.25, -0.2) is 4.98 Å². The Morgan fingerprint density at radius 2 is 2.09 bits per heavy atom. The Balaban J connectivity index is 1.84. The number of hydrogen-bond acceptors (Lipinski definition) is 4. The molecule has 1 aliphatic heterocycles. The van der Waals surface area contributed by atoms with Gasteiger partial charge in [-0.15, -0.1) is 0 Å². The van der Waals surface area contributed by atoms with Crippen LogP contribution in [0.15, 0.2) is 18.3 Å². The molecule has 0 saturated carbocycles. The summed E-state index contributed by atoms with van der Waals surface area (Å²) in [5.74, 6) is 0.421. The van der Waals surface area contributed by atoms with E-state index >= 15 is 0 Å². The highest BCUT2D eigenvalue weighted by Crippen LogP contribution is 2.20. The Bertz CT molecular complexity index is 521. The van der Waals surface area contributed by atoms with Crippen molar-refractivity contribution in [2.45, 2.75) is 26.7 Å². The van der Waals surface area contributed by atoms with Gasteiger partial charge in [-0.05, 0) is 31.4 Å². The van der Waals surface area contributed by atoms with E-state index in [1.807, 2.05) is 24.8 Å². The number of amides is 2. The van der Waals surface area contributed by atoms with Gasteiger partial charge >= 0.3 is 0 Å². The van der Waals surface area contributed by atoms with Gasteiger partial charge in [0.1, 0.15) is 5.82 Å². The van der Waals surface area contributed by atoms with Crippen molar-refractivity contribution in [2.75, 3.05) is 25.0 Å². The van der Waals surface area contributed by atoms with E-state index in [1.54, 1.807) is 12.3 Å². The summed E-state index contributed by atoms with van der Waals surface area (Å²) in [6.07, 6.45) is 3.09. The number of anilines is 1. The summed E-state index contributed by atoms with van der Waals surface area (Å²) in [4.78, 5) is 30.3. The zero-order valence-corrected chi connectivity index (χ0v) is 13.2. The second-order valence-electron chi connectivity index (χ2n) is 5.95. The maximum atomic E-state index is 12.2. The number of rotatable bonds is 4. The summed E-state index contributed by atoms with van der Waals surface area (Å²) in [5.41, 5.74) is 6.59. The predicted octanol–water partition coefficient (Wildman–Crippen LogP) is 1.16. The number of nitrogens with two attached hydrogens (primary N) is 1. The lowest BCUT2D eigenvalue weighted by molar-refractivity contribution is -0.137. The first-order valence-electron chi connectivity index (χ1n) is 7.73. The number of pyridine rings is 1. The molecule has 1 aromatic heterocycles. The summed E-state index contributed by atoms with van der Waals surface area (Å²) < 4.78 is 0. The maximum absolute atomic E-state index is 12.2. The highest BCUT2D eigenvalue weighted by Gasteiger charge is 2.29. The molecule has 1 saturated heterocycles. The lowest BCUT2D eigenvalue weighted by Gasteiger charge is -2.32. The monoisotopic (exact) mass is 304 g/mol. The summed E-state index contributed by atoms with van der Waals surface area (Å²) in [6.45, 7) is 5.38. The van der Waals surface area contributed by atoms with E-state index in [1.165, 1.54) is 0 Å². The van der Waals surface area contributed by atoms with E-state index in [4.69, 9.17) is 5.73 Å². The smallest absolute Gasteiger partial charge is 0.228 e. The van der Waals surface area contributed by atoms with Gasteiger partial charge in [-0.1, -0.05) is 13.0 Å². The predicted molar refractivity (Wildman–Crippen MR) is 85.1 cm³/mol. The third-order valence-electron chi connectivity index (χ3n) is 4.12. The Morgan fingerprint density at radius 1 is 1.41 bits per heavy atom. The van der Waals surface area contributed by atoms with Crippen molar-refractivity contribution in [1.82, 2.24) is 9.88 Å². The SMILES string of the molecule is Cc1ccc(NC(=O)C2CCN(C(=O)C(C)CN)CC2)nc1. The number of carbonyl (C=O) groups is 2. The van der Waals surface area contributed by atoms with Crippen molar-refractivity contribution in [2.24, 2.45) is 17.6 Å². The first-order valence-corrected chi connectivity index (χ1v) is 7.73. The van der Waals surface area contributed by atoms with Crippen LogP contribution in [0.3, 0.4) is 0 Å². The molecule has 120 valence electrons. The highest BCUT2D eigenvalue weighted by atomic mass is 16.2. The van der Waals surface area contributed by atoms with Crippen LogP contribution in [0, 0.1) is 18.8 Å². The number of hydrogen-bond donors (Lipinski definition) is 2. The fourth-order valence-electron chi connectivity index (χ4n) is 2.54. The number of likely N-dealkylation sites (tertiary alicyclic amines) is 1. The van der Waals surface area contributed by atoms with Crippen LogP contribution in [-0.4, -0.2) is 41.3 Å². The Hall–Kier alpha value is -1.95. The number of aromatic nitrogens is 1. The minimum Gasteiger partial charge on any atom is -0.342 e. The average molecular weight is 304 g/mol. The molecule has 0 aliphatic carbocycles. The van der Waals surface area contributed by atoms with Gasteiger partial charge in [0.2, 0.25) is 11.8 Å². The summed E-state index contributed by atoms with van der Waals surface area (Å²) in [6, 6.07) is 3.72. The van der Waals surface area contributed by atoms with E-state index < -0.39 is 0 Å². The number of aryl methyl sites for hydroxylation is 1. The van der Waals surface area contributed by atoms with Gasteiger partial charge in [-0.2, -0.15) is 0 Å². The molecule has 2 rings (SSSR count). The first-order chi connectivity index (χ1) is 10.5. The van der Waals surface area contributed by atoms with Gasteiger partial charge in [-0.3, -0.25) is 9.59 Å². The maximum Gasteiger partial charge on any atom is 0.228 e. The molecule has 2 amide bonds. The van der Waals surface area contributed by atoms with Gasteiger partial charge in [0.05, 0.1) is 0 Å². The molecule has 1 atom stereocenters. The standard InChI is InChI=1S/C16H24N4O2/c1-11-3-4-14(18-10-11)19-15(21)13-5-7-20(8-6-13)16(22)12(2)9-17/h3-4,10,12-13H,5-9,17H2,1-2H3,(H,18,19,21). The van der Waals surface area contributed by atoms with Crippen LogP contribution in [0.25, 0.3) is 0 Å². The average Bonchev–Trinajstić information content (AvgIpc) is 2.55. The largest absolute Gasteiger partial charge is 0.342 e. The lowest BCUT2D eigenvalue weighted by atomic mass is 9.95. The van der Waals surface area contributed by atoms with Crippen molar-refractivity contribution in [3.8, 4) is 0 Å². The van der Waals surface area contributed by atoms with Crippen molar-refractivity contribution >= 4 is 17.6 Å². The molecule has 22 heavy (non-hydrogen) atoms. The minimum absolute atomic E-state index is 0.0182. The third kappa shape index (κ3) is 4.04. The molecule has 0 spiro atoms. The van der Waals surface area contributed by atoms with Crippen LogP contribution < -0.4 is 11.1 Å². The molecule has 1 aromatic rings. The lowest BCUT2D eigenvalue weighted by Crippen LogP contribution is -2.44. The van der Waals surface area contributed by atoms with Crippen LogP contribution in [0.2, 0.25) is 0 Å². The van der Waals surface area contributed by atoms with Crippen LogP contribution in [0.1, 0.15) is 25.3 Å². The zero-order valence-electron chi connectivity index (χ0n) is 13.2. The van der Waals surface area contributed by atoms with E-state index in [0.29, 0.717) is 38.3 Å². The van der Waals surface area contributed by atoms with E-state index in [2.05, 4.69) is 10.3 Å². The summed E-state index contributed by atoms with van der Waals surface area (Å²) in [5, 5.41) is 2.84. The summed E-state index contributed by atoms with van der Waals surface area (Å²) in [7, 11) is 0. The van der Waals surface area contributed by atoms with Gasteiger partial charge in [0.25, 0.3) is 0 Å². The van der Waals surface area contributed by atoms with E-state index in [9.17, 15) is 9.59 Å². The second-order valence-corrected chi connectivity index (χ2v) is 5.95. The summed E-state index contributed by atoms with van der Waals surface area (Å²) >= 11 is 0. The quantitative estimate of drug-likeness (QED) is 0.873. The molecule has 6 heteroatoms. The van der Waals surface area contributed by atoms with Gasteiger partial charge < -0.3 is 16.0 Å². The third-order valence-corrected chi connectivity index (χ3v) is 4.12. The fraction of sp³-hybridized carbons (Fsp3) is 0.562. The van der Waals surface area contributed by atoms with Crippen LogP contribution in [-0.2, 0) is 9.59 Å². The normalized spacial score (nSPS) is 17.1. The van der Waals surface area contributed by atoms with Crippen molar-refractivity contribution < 1.29 is 9.59 Å². The van der Waals surface area contributed by atoms with E-state index in [0.717, 1.165) is 5.56 Å². The van der Waals surface area contributed by atoms with Crippen LogP contribution in [0.4, 0.5) is 5.82 Å². The molecule has 6 nitrogen and oxygen atoms in total. The number of carbonyl (C=O) groups excluding carboxylic acids is 2. The second kappa shape index (κ2) is 7.35. The molecular formula is C16H24N4O2. The molecule has 0 radical (unpaired) electrons. The Labute approximate surface area is 131 Å². The minimum atomic E-state index is -0.151. The molecular weight excluding hydrogens is 280 g/mol.